The van der Waals surface area contributed by atoms with Crippen LogP contribution in [-0.4, -0.2) is 16.8 Å². The summed E-state index contributed by atoms with van der Waals surface area (Å²) < 4.78 is 1.74. The van der Waals surface area contributed by atoms with Crippen LogP contribution in [-0.2, 0) is 0 Å². The number of rotatable bonds is 2. The Balaban J connectivity index is 2.59. The van der Waals surface area contributed by atoms with Gasteiger partial charge in [-0.15, -0.1) is 0 Å². The summed E-state index contributed by atoms with van der Waals surface area (Å²) in [5.41, 5.74) is 0.0582. The highest BCUT2D eigenvalue weighted by Gasteiger charge is 2.37. The topological polar surface area (TPSA) is 59.1 Å². The Hall–Kier alpha value is -0.880. The second-order valence-corrected chi connectivity index (χ2v) is 4.24. The number of fused-ring (bicyclic) bond motifs is 1. The van der Waals surface area contributed by atoms with Gasteiger partial charge in [0.25, 0.3) is 0 Å². The summed E-state index contributed by atoms with van der Waals surface area (Å²) in [6.45, 7) is 0.649. The van der Waals surface area contributed by atoms with Crippen LogP contribution >= 0.6 is 27.5 Å². The first-order valence-corrected chi connectivity index (χ1v) is 5.83. The van der Waals surface area contributed by atoms with Crippen molar-refractivity contribution in [2.75, 3.05) is 17.2 Å². The molecule has 5 nitrogen and oxygen atoms in total. The second kappa shape index (κ2) is 3.94. The van der Waals surface area contributed by atoms with Crippen LogP contribution in [0.4, 0.5) is 11.5 Å². The molecule has 1 N–H and O–H groups in total. The summed E-state index contributed by atoms with van der Waals surface area (Å²) >= 11 is 9.35. The van der Waals surface area contributed by atoms with Gasteiger partial charge in [-0.25, -0.2) is 4.57 Å². The Morgan fingerprint density at radius 2 is 2.47 bits per heavy atom. The van der Waals surface area contributed by atoms with Crippen LogP contribution in [0.2, 0.25) is 5.15 Å². The lowest BCUT2D eigenvalue weighted by molar-refractivity contribution is -0.691. The van der Waals surface area contributed by atoms with Crippen molar-refractivity contribution in [3.05, 3.63) is 27.4 Å². The molecule has 80 valence electrons. The Morgan fingerprint density at radius 1 is 1.73 bits per heavy atom. The molecule has 1 atom stereocenters. The minimum atomic E-state index is -0.411. The fourth-order valence-electron chi connectivity index (χ4n) is 1.65. The number of nitrogens with zero attached hydrogens (tertiary/aromatic N) is 2. The molecule has 0 saturated heterocycles. The van der Waals surface area contributed by atoms with Crippen LogP contribution in [0, 0.1) is 10.1 Å². The largest absolute Gasteiger partial charge is 0.357 e. The van der Waals surface area contributed by atoms with Gasteiger partial charge < -0.3 is 0 Å². The van der Waals surface area contributed by atoms with E-state index in [0.29, 0.717) is 22.8 Å². The van der Waals surface area contributed by atoms with E-state index in [-0.39, 0.29) is 11.7 Å². The smallest absolute Gasteiger partial charge is 0.264 e. The Bertz CT molecular complexity index is 427. The first-order chi connectivity index (χ1) is 7.15. The van der Waals surface area contributed by atoms with Crippen LogP contribution in [0.15, 0.2) is 12.1 Å². The molecule has 2 heterocycles. The van der Waals surface area contributed by atoms with Crippen molar-refractivity contribution in [3.8, 4) is 0 Å². The van der Waals surface area contributed by atoms with Gasteiger partial charge in [-0.3, -0.25) is 15.4 Å². The van der Waals surface area contributed by atoms with E-state index < -0.39 is 4.92 Å². The normalized spacial score (nSPS) is 18.4. The number of hydrogen-bond donors (Lipinski definition) is 1. The molecule has 0 bridgehead atoms. The van der Waals surface area contributed by atoms with E-state index in [1.807, 2.05) is 0 Å². The number of halogens is 2. The molecular formula is C8H8BrClN3O2+. The van der Waals surface area contributed by atoms with E-state index in [1.54, 1.807) is 10.6 Å². The lowest BCUT2D eigenvalue weighted by atomic mass is 10.3. The molecule has 0 aliphatic carbocycles. The minimum absolute atomic E-state index is 0.0582. The molecule has 0 aromatic carbocycles. The summed E-state index contributed by atoms with van der Waals surface area (Å²) in [5, 5.41) is 15.0. The molecule has 1 aromatic heterocycles. The first kappa shape index (κ1) is 10.6. The van der Waals surface area contributed by atoms with Crippen LogP contribution in [0.5, 0.6) is 0 Å². The van der Waals surface area contributed by atoms with Gasteiger partial charge in [0.2, 0.25) is 0 Å². The highest BCUT2D eigenvalue weighted by atomic mass is 79.9. The van der Waals surface area contributed by atoms with Gasteiger partial charge in [-0.2, -0.15) is 0 Å². The van der Waals surface area contributed by atoms with E-state index in [2.05, 4.69) is 21.2 Å². The van der Waals surface area contributed by atoms with Gasteiger partial charge in [0.05, 0.1) is 4.92 Å². The fraction of sp³-hybridized carbons (Fsp3) is 0.375. The Kier molecular flexibility index (Phi) is 2.79. The summed E-state index contributed by atoms with van der Waals surface area (Å²) in [6, 6.07) is 3.08. The lowest BCUT2D eigenvalue weighted by Gasteiger charge is -2.04. The number of aromatic nitrogens is 1. The van der Waals surface area contributed by atoms with E-state index in [1.165, 1.54) is 6.07 Å². The predicted octanol–water partition coefficient (Wildman–Crippen LogP) is 1.90. The number of hydrogen-bond acceptors (Lipinski definition) is 3. The maximum Gasteiger partial charge on any atom is 0.357 e. The molecular weight excluding hydrogens is 285 g/mol. The zero-order valence-electron chi connectivity index (χ0n) is 7.61. The van der Waals surface area contributed by atoms with E-state index >= 15 is 0 Å². The first-order valence-electron chi connectivity index (χ1n) is 4.33. The van der Waals surface area contributed by atoms with Crippen molar-refractivity contribution < 1.29 is 9.49 Å². The third-order valence-corrected chi connectivity index (χ3v) is 3.39. The summed E-state index contributed by atoms with van der Waals surface area (Å²) in [5.74, 6) is 0.483. The van der Waals surface area contributed by atoms with Gasteiger partial charge in [-0.05, 0) is 11.6 Å². The maximum atomic E-state index is 10.8. The highest BCUT2D eigenvalue weighted by molar-refractivity contribution is 9.09. The van der Waals surface area contributed by atoms with Crippen molar-refractivity contribution >= 4 is 39.0 Å². The standard InChI is InChI=1S/C8H7BrClN3O2/c9-3-5-4-11-8-6(13(14)15)1-2-7(10)12(5)8/h1-2,5H,3-4H2/p+1. The number of anilines is 1. The second-order valence-electron chi connectivity index (χ2n) is 3.21. The van der Waals surface area contributed by atoms with Gasteiger partial charge in [0, 0.05) is 17.5 Å². The molecule has 0 fully saturated rings. The van der Waals surface area contributed by atoms with Crippen molar-refractivity contribution in [1.82, 2.24) is 0 Å². The SMILES string of the molecule is O=[N+]([O-])c1ccc(Cl)[n+]2c1NCC2CBr. The number of alkyl halides is 1. The van der Waals surface area contributed by atoms with Crippen LogP contribution in [0.1, 0.15) is 6.04 Å². The molecule has 7 heteroatoms. The Labute approximate surface area is 99.3 Å². The van der Waals surface area contributed by atoms with Gasteiger partial charge in [0.1, 0.15) is 12.6 Å². The monoisotopic (exact) mass is 292 g/mol. The van der Waals surface area contributed by atoms with E-state index in [4.69, 9.17) is 11.6 Å². The average molecular weight is 294 g/mol. The lowest BCUT2D eigenvalue weighted by Crippen LogP contribution is -2.39. The molecule has 15 heavy (non-hydrogen) atoms. The molecule has 0 saturated carbocycles. The molecule has 0 radical (unpaired) electrons. The predicted molar refractivity (Wildman–Crippen MR) is 59.6 cm³/mol. The number of nitrogens with one attached hydrogen (secondary N) is 1. The Morgan fingerprint density at radius 3 is 3.07 bits per heavy atom. The summed E-state index contributed by atoms with van der Waals surface area (Å²) in [6.07, 6.45) is 0. The molecule has 2 rings (SSSR count). The third kappa shape index (κ3) is 1.68. The van der Waals surface area contributed by atoms with Crippen molar-refractivity contribution in [2.45, 2.75) is 6.04 Å². The zero-order valence-corrected chi connectivity index (χ0v) is 9.96. The van der Waals surface area contributed by atoms with Crippen LogP contribution < -0.4 is 9.88 Å². The summed E-state index contributed by atoms with van der Waals surface area (Å²) in [7, 11) is 0. The fourth-order valence-corrected chi connectivity index (χ4v) is 2.45. The molecule has 0 amide bonds. The van der Waals surface area contributed by atoms with Crippen molar-refractivity contribution in [3.63, 3.8) is 0 Å². The molecule has 1 aliphatic heterocycles. The minimum Gasteiger partial charge on any atom is -0.264 e. The molecule has 1 aliphatic rings. The van der Waals surface area contributed by atoms with Gasteiger partial charge >= 0.3 is 11.5 Å². The molecule has 1 unspecified atom stereocenters. The number of pyridine rings is 1. The quantitative estimate of drug-likeness (QED) is 0.298. The van der Waals surface area contributed by atoms with E-state index in [0.717, 1.165) is 0 Å². The van der Waals surface area contributed by atoms with Crippen molar-refractivity contribution in [2.24, 2.45) is 0 Å². The van der Waals surface area contributed by atoms with Crippen LogP contribution in [0.3, 0.4) is 0 Å². The highest BCUT2D eigenvalue weighted by Crippen LogP contribution is 2.28. The van der Waals surface area contributed by atoms with Gasteiger partial charge in [0.15, 0.2) is 5.15 Å². The van der Waals surface area contributed by atoms with Gasteiger partial charge in [-0.1, -0.05) is 15.9 Å². The molecule has 1 aromatic rings. The van der Waals surface area contributed by atoms with Crippen molar-refractivity contribution in [1.29, 1.82) is 0 Å². The third-order valence-electron chi connectivity index (χ3n) is 2.34. The van der Waals surface area contributed by atoms with E-state index in [9.17, 15) is 10.1 Å². The maximum absolute atomic E-state index is 10.8. The number of nitro groups is 1. The van der Waals surface area contributed by atoms with Crippen LogP contribution in [0.25, 0.3) is 0 Å². The average Bonchev–Trinajstić information content (AvgIpc) is 2.62. The zero-order chi connectivity index (χ0) is 11.0. The molecule has 0 spiro atoms. The summed E-state index contributed by atoms with van der Waals surface area (Å²) in [4.78, 5) is 10.4.